The van der Waals surface area contributed by atoms with Crippen LogP contribution in [0, 0.1) is 4.77 Å². The van der Waals surface area contributed by atoms with Crippen molar-refractivity contribution in [3.05, 3.63) is 32.8 Å². The summed E-state index contributed by atoms with van der Waals surface area (Å²) in [6.07, 6.45) is 1.64. The normalized spacial score (nSPS) is 11.5. The molecule has 22 heavy (non-hydrogen) atoms. The molecule has 0 spiro atoms. The lowest BCUT2D eigenvalue weighted by molar-refractivity contribution is 0.317. The van der Waals surface area contributed by atoms with E-state index in [2.05, 4.69) is 31.2 Å². The predicted molar refractivity (Wildman–Crippen MR) is 91.5 cm³/mol. The van der Waals surface area contributed by atoms with Crippen molar-refractivity contribution >= 4 is 34.4 Å². The van der Waals surface area contributed by atoms with Crippen molar-refractivity contribution in [3.8, 4) is 11.5 Å². The number of aromatic hydroxyl groups is 1. The molecule has 1 heterocycles. The molecule has 118 valence electrons. The van der Waals surface area contributed by atoms with Crippen LogP contribution in [0.4, 0.5) is 0 Å². The second-order valence-corrected chi connectivity index (χ2v) is 6.12. The van der Waals surface area contributed by atoms with Crippen molar-refractivity contribution < 1.29 is 9.84 Å². The summed E-state index contributed by atoms with van der Waals surface area (Å²) in [5.74, 6) is 1.42. The first-order valence-electron chi connectivity index (χ1n) is 6.81. The lowest BCUT2D eigenvalue weighted by atomic mass is 10.2. The van der Waals surface area contributed by atoms with Gasteiger partial charge in [-0.15, -0.1) is 0 Å². The zero-order valence-corrected chi connectivity index (χ0v) is 14.9. The summed E-state index contributed by atoms with van der Waals surface area (Å²) in [6, 6.07) is 3.46. The molecule has 0 aliphatic heterocycles. The Balaban J connectivity index is 2.39. The first kappa shape index (κ1) is 16.7. The number of aromatic nitrogens is 3. The average Bonchev–Trinajstić information content (AvgIpc) is 2.83. The first-order valence-corrected chi connectivity index (χ1v) is 8.01. The number of nitrogens with zero attached hydrogens (tertiary/aromatic N) is 3. The fourth-order valence-electron chi connectivity index (χ4n) is 1.85. The fourth-order valence-corrected chi connectivity index (χ4v) is 2.49. The Morgan fingerprint density at radius 3 is 2.91 bits per heavy atom. The van der Waals surface area contributed by atoms with Gasteiger partial charge in [-0.3, -0.25) is 5.10 Å². The van der Waals surface area contributed by atoms with Gasteiger partial charge < -0.3 is 9.84 Å². The molecule has 0 atom stereocenters. The molecule has 0 saturated heterocycles. The maximum atomic E-state index is 9.91. The Bertz CT molecular complexity index is 752. The van der Waals surface area contributed by atoms with E-state index in [-0.39, 0.29) is 11.7 Å². The largest absolute Gasteiger partial charge is 0.503 e. The number of phenols is 1. The van der Waals surface area contributed by atoms with E-state index in [0.29, 0.717) is 21.6 Å². The second kappa shape index (κ2) is 7.06. The van der Waals surface area contributed by atoms with Gasteiger partial charge in [0.2, 0.25) is 4.77 Å². The van der Waals surface area contributed by atoms with Crippen LogP contribution < -0.4 is 4.74 Å². The average molecular weight is 385 g/mol. The van der Waals surface area contributed by atoms with Crippen LogP contribution in [-0.2, 0) is 0 Å². The van der Waals surface area contributed by atoms with E-state index < -0.39 is 0 Å². The minimum absolute atomic E-state index is 0.0711. The lowest BCUT2D eigenvalue weighted by Gasteiger charge is -2.08. The van der Waals surface area contributed by atoms with Crippen LogP contribution in [0.25, 0.3) is 0 Å². The molecule has 0 radical (unpaired) electrons. The van der Waals surface area contributed by atoms with Crippen molar-refractivity contribution in [3.63, 3.8) is 0 Å². The molecule has 2 N–H and O–H groups in total. The van der Waals surface area contributed by atoms with E-state index in [1.807, 2.05) is 20.8 Å². The minimum atomic E-state index is 0.0711. The molecule has 0 fully saturated rings. The van der Waals surface area contributed by atoms with Gasteiger partial charge in [0.15, 0.2) is 17.3 Å². The topological polar surface area (TPSA) is 75.4 Å². The summed E-state index contributed by atoms with van der Waals surface area (Å²) >= 11 is 8.48. The van der Waals surface area contributed by atoms with Gasteiger partial charge in [-0.1, -0.05) is 13.8 Å². The van der Waals surface area contributed by atoms with Crippen LogP contribution in [0.1, 0.15) is 38.1 Å². The Morgan fingerprint density at radius 1 is 1.55 bits per heavy atom. The molecule has 8 heteroatoms. The standard InChI is InChI=1S/C14H17BrN4O2S/c1-4-21-11-6-9(5-10(15)12(11)20)7-16-19-13(8(2)3)17-18-14(19)22/h5-8,20H,4H2,1-3H3,(H,18,22)/b16-7+. The maximum absolute atomic E-state index is 9.91. The molecule has 0 saturated carbocycles. The number of nitrogens with one attached hydrogen (secondary N) is 1. The van der Waals surface area contributed by atoms with Crippen LogP contribution in [-0.4, -0.2) is 32.8 Å². The molecule has 1 aromatic heterocycles. The van der Waals surface area contributed by atoms with Gasteiger partial charge >= 0.3 is 0 Å². The molecule has 0 unspecified atom stereocenters. The first-order chi connectivity index (χ1) is 10.4. The third-order valence-electron chi connectivity index (χ3n) is 2.86. The number of rotatable bonds is 5. The van der Waals surface area contributed by atoms with Crippen LogP contribution in [0.2, 0.25) is 0 Å². The Kier molecular flexibility index (Phi) is 5.36. The highest BCUT2D eigenvalue weighted by molar-refractivity contribution is 9.10. The second-order valence-electron chi connectivity index (χ2n) is 4.88. The summed E-state index contributed by atoms with van der Waals surface area (Å²) < 4.78 is 7.95. The number of ether oxygens (including phenoxy) is 1. The van der Waals surface area contributed by atoms with Crippen LogP contribution in [0.15, 0.2) is 21.7 Å². The Hall–Kier alpha value is -1.67. The van der Waals surface area contributed by atoms with E-state index >= 15 is 0 Å². The highest BCUT2D eigenvalue weighted by Crippen LogP contribution is 2.35. The molecule has 0 amide bonds. The van der Waals surface area contributed by atoms with Crippen molar-refractivity contribution in [2.75, 3.05) is 6.61 Å². The molecule has 1 aromatic carbocycles. The molecule has 0 aliphatic rings. The number of H-pyrrole nitrogens is 1. The van der Waals surface area contributed by atoms with E-state index in [4.69, 9.17) is 17.0 Å². The summed E-state index contributed by atoms with van der Waals surface area (Å²) in [6.45, 7) is 6.35. The number of benzene rings is 1. The number of phenolic OH excluding ortho intramolecular Hbond substituents is 1. The van der Waals surface area contributed by atoms with Crippen molar-refractivity contribution in [2.45, 2.75) is 26.7 Å². The molecule has 6 nitrogen and oxygen atoms in total. The molecule has 2 aromatic rings. The molecular weight excluding hydrogens is 368 g/mol. The highest BCUT2D eigenvalue weighted by Gasteiger charge is 2.10. The van der Waals surface area contributed by atoms with Crippen LogP contribution in [0.3, 0.4) is 0 Å². The lowest BCUT2D eigenvalue weighted by Crippen LogP contribution is -2.01. The summed E-state index contributed by atoms with van der Waals surface area (Å²) in [5, 5.41) is 21.2. The molecule has 0 aliphatic carbocycles. The fraction of sp³-hybridized carbons (Fsp3) is 0.357. The van der Waals surface area contributed by atoms with Gasteiger partial charge in [0, 0.05) is 5.92 Å². The summed E-state index contributed by atoms with van der Waals surface area (Å²) in [4.78, 5) is 0. The van der Waals surface area contributed by atoms with Crippen LogP contribution >= 0.6 is 28.1 Å². The van der Waals surface area contributed by atoms with E-state index in [1.165, 1.54) is 0 Å². The van der Waals surface area contributed by atoms with E-state index in [1.54, 1.807) is 23.0 Å². The number of hydrogen-bond acceptors (Lipinski definition) is 5. The van der Waals surface area contributed by atoms with Gasteiger partial charge in [0.05, 0.1) is 17.3 Å². The third-order valence-corrected chi connectivity index (χ3v) is 3.73. The number of halogens is 1. The zero-order chi connectivity index (χ0) is 16.3. The van der Waals surface area contributed by atoms with E-state index in [0.717, 1.165) is 11.4 Å². The number of hydrogen-bond donors (Lipinski definition) is 2. The number of aromatic amines is 1. The van der Waals surface area contributed by atoms with Gasteiger partial charge in [0.25, 0.3) is 0 Å². The van der Waals surface area contributed by atoms with Gasteiger partial charge in [-0.2, -0.15) is 14.9 Å². The Morgan fingerprint density at radius 2 is 2.27 bits per heavy atom. The minimum Gasteiger partial charge on any atom is -0.503 e. The van der Waals surface area contributed by atoms with Crippen molar-refractivity contribution in [1.29, 1.82) is 0 Å². The summed E-state index contributed by atoms with van der Waals surface area (Å²) in [5.41, 5.74) is 0.769. The molecule has 2 rings (SSSR count). The maximum Gasteiger partial charge on any atom is 0.216 e. The Labute approximate surface area is 142 Å². The van der Waals surface area contributed by atoms with E-state index in [9.17, 15) is 5.11 Å². The monoisotopic (exact) mass is 384 g/mol. The third kappa shape index (κ3) is 3.56. The quantitative estimate of drug-likeness (QED) is 0.606. The smallest absolute Gasteiger partial charge is 0.216 e. The zero-order valence-electron chi connectivity index (χ0n) is 12.5. The SMILES string of the molecule is CCOc1cc(/C=N/n2c(C(C)C)n[nH]c2=S)cc(Br)c1O. The highest BCUT2D eigenvalue weighted by atomic mass is 79.9. The van der Waals surface area contributed by atoms with Crippen molar-refractivity contribution in [1.82, 2.24) is 14.9 Å². The van der Waals surface area contributed by atoms with Crippen molar-refractivity contribution in [2.24, 2.45) is 5.10 Å². The molecule has 0 bridgehead atoms. The van der Waals surface area contributed by atoms with Gasteiger partial charge in [0.1, 0.15) is 0 Å². The summed E-state index contributed by atoms with van der Waals surface area (Å²) in [7, 11) is 0. The predicted octanol–water partition coefficient (Wildman–Crippen LogP) is 3.81. The van der Waals surface area contributed by atoms with Gasteiger partial charge in [-0.25, -0.2) is 0 Å². The van der Waals surface area contributed by atoms with Gasteiger partial charge in [-0.05, 0) is 52.8 Å². The molecular formula is C14H17BrN4O2S. The van der Waals surface area contributed by atoms with Crippen LogP contribution in [0.5, 0.6) is 11.5 Å².